The van der Waals surface area contributed by atoms with Crippen LogP contribution in [0, 0.1) is 0 Å². The summed E-state index contributed by atoms with van der Waals surface area (Å²) in [5.74, 6) is 0. The largest absolute Gasteiger partial charge is 0.354 e. The zero-order valence-electron chi connectivity index (χ0n) is 15.4. The van der Waals surface area contributed by atoms with Gasteiger partial charge in [-0.25, -0.2) is 0 Å². The minimum atomic E-state index is 1.23. The molecule has 1 N–H and O–H groups in total. The van der Waals surface area contributed by atoms with E-state index >= 15 is 0 Å². The summed E-state index contributed by atoms with van der Waals surface area (Å²) < 4.78 is 2.91. The molecule has 6 aromatic rings. The van der Waals surface area contributed by atoms with Crippen LogP contribution in [0.15, 0.2) is 48.5 Å². The Morgan fingerprint density at radius 1 is 0.643 bits per heavy atom. The van der Waals surface area contributed by atoms with Crippen molar-refractivity contribution in [1.82, 2.24) is 4.98 Å². The number of thiophene rings is 1. The van der Waals surface area contributed by atoms with Gasteiger partial charge in [0.15, 0.2) is 0 Å². The smallest absolute Gasteiger partial charge is 0.0559 e. The molecule has 28 heavy (non-hydrogen) atoms. The number of aryl methyl sites for hydroxylation is 4. The summed E-state index contributed by atoms with van der Waals surface area (Å²) in [5, 5.41) is 8.49. The molecular formula is C26H17NS. The highest BCUT2D eigenvalue weighted by Gasteiger charge is 2.22. The number of benzene rings is 4. The number of aromatic nitrogens is 1. The lowest BCUT2D eigenvalue weighted by Gasteiger charge is -2.18. The zero-order chi connectivity index (χ0) is 18.0. The second kappa shape index (κ2) is 4.59. The third kappa shape index (κ3) is 1.53. The molecule has 0 saturated carbocycles. The molecule has 2 heteroatoms. The van der Waals surface area contributed by atoms with Gasteiger partial charge in [0.05, 0.1) is 5.52 Å². The summed E-state index contributed by atoms with van der Waals surface area (Å²) in [6.45, 7) is 0. The predicted molar refractivity (Wildman–Crippen MR) is 121 cm³/mol. The first-order valence-electron chi connectivity index (χ1n) is 10.2. The Hall–Kier alpha value is -2.84. The van der Waals surface area contributed by atoms with Crippen molar-refractivity contribution < 1.29 is 0 Å². The molecule has 0 amide bonds. The van der Waals surface area contributed by atoms with Crippen LogP contribution in [0.25, 0.3) is 52.8 Å². The molecule has 2 aliphatic rings. The number of hydrogen-bond acceptors (Lipinski definition) is 1. The highest BCUT2D eigenvalue weighted by molar-refractivity contribution is 7.27. The fourth-order valence-electron chi connectivity index (χ4n) is 5.48. The van der Waals surface area contributed by atoms with Gasteiger partial charge < -0.3 is 4.98 Å². The van der Waals surface area contributed by atoms with Gasteiger partial charge >= 0.3 is 0 Å². The molecule has 1 nitrogen and oxygen atoms in total. The molecule has 0 atom stereocenters. The molecule has 2 aromatic heterocycles. The lowest BCUT2D eigenvalue weighted by Crippen LogP contribution is -2.07. The van der Waals surface area contributed by atoms with Crippen LogP contribution >= 0.6 is 11.3 Å². The molecule has 0 aliphatic heterocycles. The lowest BCUT2D eigenvalue weighted by molar-refractivity contribution is 0.844. The Morgan fingerprint density at radius 3 is 2.11 bits per heavy atom. The lowest BCUT2D eigenvalue weighted by atomic mass is 9.86. The van der Waals surface area contributed by atoms with Gasteiger partial charge in [-0.05, 0) is 77.6 Å². The van der Waals surface area contributed by atoms with E-state index < -0.39 is 0 Å². The molecule has 0 saturated heterocycles. The van der Waals surface area contributed by atoms with Gasteiger partial charge in [-0.2, -0.15) is 0 Å². The molecule has 2 heterocycles. The summed E-state index contributed by atoms with van der Waals surface area (Å²) in [7, 11) is 0. The van der Waals surface area contributed by atoms with Gasteiger partial charge in [0.25, 0.3) is 0 Å². The van der Waals surface area contributed by atoms with Crippen LogP contribution in [0.2, 0.25) is 0 Å². The van der Waals surface area contributed by atoms with Gasteiger partial charge in [-0.1, -0.05) is 24.3 Å². The Bertz CT molecular complexity index is 1660. The van der Waals surface area contributed by atoms with Crippen LogP contribution in [0.4, 0.5) is 0 Å². The summed E-state index contributed by atoms with van der Waals surface area (Å²) >= 11 is 1.99. The van der Waals surface area contributed by atoms with Gasteiger partial charge in [0.1, 0.15) is 0 Å². The van der Waals surface area contributed by atoms with Crippen LogP contribution in [0.1, 0.15) is 22.3 Å². The summed E-state index contributed by atoms with van der Waals surface area (Å²) in [6.07, 6.45) is 4.94. The molecule has 0 radical (unpaired) electrons. The van der Waals surface area contributed by atoms with E-state index in [2.05, 4.69) is 53.5 Å². The van der Waals surface area contributed by atoms with Crippen LogP contribution < -0.4 is 0 Å². The molecule has 0 spiro atoms. The van der Waals surface area contributed by atoms with Crippen molar-refractivity contribution in [2.24, 2.45) is 0 Å². The van der Waals surface area contributed by atoms with Crippen molar-refractivity contribution >= 4 is 64.1 Å². The third-order valence-electron chi connectivity index (χ3n) is 7.15. The van der Waals surface area contributed by atoms with E-state index in [1.165, 1.54) is 84.0 Å². The van der Waals surface area contributed by atoms with E-state index in [0.717, 1.165) is 0 Å². The van der Waals surface area contributed by atoms with E-state index in [1.807, 2.05) is 11.3 Å². The fourth-order valence-corrected chi connectivity index (χ4v) is 6.81. The third-order valence-corrected chi connectivity index (χ3v) is 8.32. The SMILES string of the molecule is c1ccc2c(c1)c1[nH]c3cc4c(cc3c1c1sc3cc5c(cc3c21)CC5)CC4. The van der Waals surface area contributed by atoms with E-state index in [-0.39, 0.29) is 0 Å². The first kappa shape index (κ1) is 14.2. The van der Waals surface area contributed by atoms with Crippen molar-refractivity contribution in [1.29, 1.82) is 0 Å². The average Bonchev–Trinajstić information content (AvgIpc) is 3.23. The number of nitrogens with one attached hydrogen (secondary N) is 1. The monoisotopic (exact) mass is 375 g/mol. The number of fused-ring (bicyclic) bond motifs is 12. The van der Waals surface area contributed by atoms with E-state index in [1.54, 1.807) is 16.7 Å². The molecule has 4 aromatic carbocycles. The minimum Gasteiger partial charge on any atom is -0.354 e. The fraction of sp³-hybridized carbons (Fsp3) is 0.154. The Kier molecular flexibility index (Phi) is 2.33. The maximum atomic E-state index is 3.80. The normalized spacial score (nSPS) is 15.3. The molecule has 0 bridgehead atoms. The van der Waals surface area contributed by atoms with Gasteiger partial charge in [-0.3, -0.25) is 0 Å². The molecule has 8 rings (SSSR count). The topological polar surface area (TPSA) is 15.8 Å². The maximum absolute atomic E-state index is 3.80. The quantitative estimate of drug-likeness (QED) is 0.293. The molecular weight excluding hydrogens is 358 g/mol. The highest BCUT2D eigenvalue weighted by Crippen LogP contribution is 2.48. The zero-order valence-corrected chi connectivity index (χ0v) is 16.2. The first-order valence-corrected chi connectivity index (χ1v) is 11.0. The first-order chi connectivity index (χ1) is 13.8. The Morgan fingerprint density at radius 2 is 1.32 bits per heavy atom. The predicted octanol–water partition coefficient (Wildman–Crippen LogP) is 7.04. The van der Waals surface area contributed by atoms with E-state index in [4.69, 9.17) is 0 Å². The molecule has 0 fully saturated rings. The summed E-state index contributed by atoms with van der Waals surface area (Å²) in [5.41, 5.74) is 8.78. The van der Waals surface area contributed by atoms with Gasteiger partial charge in [0, 0.05) is 41.8 Å². The Balaban J connectivity index is 1.71. The molecule has 2 aliphatic carbocycles. The molecule has 0 unspecified atom stereocenters. The van der Waals surface area contributed by atoms with Crippen molar-refractivity contribution in [3.63, 3.8) is 0 Å². The van der Waals surface area contributed by atoms with Crippen LogP contribution in [0.3, 0.4) is 0 Å². The van der Waals surface area contributed by atoms with E-state index in [9.17, 15) is 0 Å². The van der Waals surface area contributed by atoms with Gasteiger partial charge in [-0.15, -0.1) is 11.3 Å². The van der Waals surface area contributed by atoms with Crippen LogP contribution in [-0.2, 0) is 25.7 Å². The van der Waals surface area contributed by atoms with Gasteiger partial charge in [0.2, 0.25) is 0 Å². The number of H-pyrrole nitrogens is 1. The average molecular weight is 375 g/mol. The number of aromatic amines is 1. The number of hydrogen-bond donors (Lipinski definition) is 1. The van der Waals surface area contributed by atoms with E-state index in [0.29, 0.717) is 0 Å². The van der Waals surface area contributed by atoms with Crippen LogP contribution in [0.5, 0.6) is 0 Å². The van der Waals surface area contributed by atoms with Crippen molar-refractivity contribution in [3.05, 3.63) is 70.8 Å². The van der Waals surface area contributed by atoms with Crippen molar-refractivity contribution in [2.75, 3.05) is 0 Å². The maximum Gasteiger partial charge on any atom is 0.0559 e. The summed E-state index contributed by atoms with van der Waals surface area (Å²) in [6, 6.07) is 18.8. The highest BCUT2D eigenvalue weighted by atomic mass is 32.1. The van der Waals surface area contributed by atoms with Crippen molar-refractivity contribution in [2.45, 2.75) is 25.7 Å². The molecule has 132 valence electrons. The number of rotatable bonds is 0. The second-order valence-corrected chi connectivity index (χ2v) is 9.56. The second-order valence-electron chi connectivity index (χ2n) is 8.51. The Labute approximate surface area is 165 Å². The van der Waals surface area contributed by atoms with Crippen molar-refractivity contribution in [3.8, 4) is 0 Å². The van der Waals surface area contributed by atoms with Crippen LogP contribution in [-0.4, -0.2) is 4.98 Å². The standard InChI is InChI=1S/C26H17NS/c1-2-4-18-17(3-1)23-20-10-14-6-8-16(14)12-22(20)28-26(23)24-19-9-13-5-7-15(13)11-21(19)27-25(18)24/h1-4,9-12,27H,5-8H2. The minimum absolute atomic E-state index is 1.23. The summed E-state index contributed by atoms with van der Waals surface area (Å²) in [4.78, 5) is 3.80.